The van der Waals surface area contributed by atoms with Crippen molar-refractivity contribution < 1.29 is 0 Å². The van der Waals surface area contributed by atoms with Crippen LogP contribution in [0.4, 0.5) is 0 Å². The molecule has 2 heterocycles. The first-order valence-electron chi connectivity index (χ1n) is 5.75. The Hall–Kier alpha value is -1.76. The summed E-state index contributed by atoms with van der Waals surface area (Å²) in [6.07, 6.45) is 1.72. The molecule has 0 fully saturated rings. The van der Waals surface area contributed by atoms with Gasteiger partial charge in [0, 0.05) is 5.02 Å². The molecule has 0 saturated carbocycles. The molecule has 20 heavy (non-hydrogen) atoms. The van der Waals surface area contributed by atoms with Gasteiger partial charge in [-0.2, -0.15) is 14.9 Å². The fourth-order valence-electron chi connectivity index (χ4n) is 1.64. The highest BCUT2D eigenvalue weighted by molar-refractivity contribution is 7.71. The van der Waals surface area contributed by atoms with E-state index in [1.165, 1.54) is 0 Å². The van der Waals surface area contributed by atoms with Crippen LogP contribution in [-0.4, -0.2) is 21.1 Å². The molecule has 3 rings (SSSR count). The van der Waals surface area contributed by atoms with Gasteiger partial charge in [-0.05, 0) is 41.4 Å². The van der Waals surface area contributed by atoms with E-state index < -0.39 is 0 Å². The van der Waals surface area contributed by atoms with E-state index >= 15 is 0 Å². The highest BCUT2D eigenvalue weighted by Crippen LogP contribution is 2.22. The minimum absolute atomic E-state index is 0.457. The van der Waals surface area contributed by atoms with Crippen molar-refractivity contribution in [3.05, 3.63) is 57.1 Å². The molecule has 7 heteroatoms. The molecule has 2 aromatic heterocycles. The van der Waals surface area contributed by atoms with Crippen LogP contribution in [0, 0.1) is 4.77 Å². The predicted molar refractivity (Wildman–Crippen MR) is 85.2 cm³/mol. The standard InChI is InChI=1S/C13H9ClN4S2/c14-10-5-3-9(4-6-10)8-15-18-12(16-17-13(18)19)11-2-1-7-20-11/h1-8H,(H,17,19). The van der Waals surface area contributed by atoms with E-state index in [4.69, 9.17) is 23.8 Å². The summed E-state index contributed by atoms with van der Waals surface area (Å²) in [7, 11) is 0. The van der Waals surface area contributed by atoms with Gasteiger partial charge in [-0.15, -0.1) is 11.3 Å². The molecule has 0 amide bonds. The van der Waals surface area contributed by atoms with Crippen molar-refractivity contribution in [2.24, 2.45) is 5.10 Å². The van der Waals surface area contributed by atoms with Gasteiger partial charge in [0.1, 0.15) is 0 Å². The van der Waals surface area contributed by atoms with Crippen molar-refractivity contribution in [1.29, 1.82) is 0 Å². The Morgan fingerprint density at radius 3 is 2.80 bits per heavy atom. The van der Waals surface area contributed by atoms with Crippen molar-refractivity contribution >= 4 is 41.4 Å². The van der Waals surface area contributed by atoms with Gasteiger partial charge in [0.15, 0.2) is 5.82 Å². The first-order valence-corrected chi connectivity index (χ1v) is 7.42. The topological polar surface area (TPSA) is 46.0 Å². The van der Waals surface area contributed by atoms with Crippen molar-refractivity contribution in [2.45, 2.75) is 0 Å². The summed E-state index contributed by atoms with van der Waals surface area (Å²) in [5, 5.41) is 14.0. The average molecular weight is 321 g/mol. The normalized spacial score (nSPS) is 11.2. The van der Waals surface area contributed by atoms with E-state index in [0.717, 1.165) is 10.4 Å². The first-order chi connectivity index (χ1) is 9.74. The molecule has 0 aliphatic carbocycles. The zero-order chi connectivity index (χ0) is 13.9. The zero-order valence-electron chi connectivity index (χ0n) is 10.2. The molecule has 0 bridgehead atoms. The van der Waals surface area contributed by atoms with Crippen molar-refractivity contribution in [3.8, 4) is 10.7 Å². The average Bonchev–Trinajstić information content (AvgIpc) is 3.08. The molecular formula is C13H9ClN4S2. The van der Waals surface area contributed by atoms with Gasteiger partial charge in [0.25, 0.3) is 0 Å². The second kappa shape index (κ2) is 5.70. The number of nitrogens with zero attached hydrogens (tertiary/aromatic N) is 3. The summed E-state index contributed by atoms with van der Waals surface area (Å²) in [6, 6.07) is 11.4. The molecule has 1 N–H and O–H groups in total. The summed E-state index contributed by atoms with van der Waals surface area (Å²) in [5.74, 6) is 0.704. The molecular weight excluding hydrogens is 312 g/mol. The Labute approximate surface area is 129 Å². The third kappa shape index (κ3) is 2.72. The molecule has 0 saturated heterocycles. The summed E-state index contributed by atoms with van der Waals surface area (Å²) in [4.78, 5) is 1.01. The monoisotopic (exact) mass is 320 g/mol. The quantitative estimate of drug-likeness (QED) is 0.580. The number of aromatic amines is 1. The van der Waals surface area contributed by atoms with Crippen molar-refractivity contribution in [1.82, 2.24) is 14.9 Å². The molecule has 4 nitrogen and oxygen atoms in total. The van der Waals surface area contributed by atoms with Gasteiger partial charge in [0.2, 0.25) is 4.77 Å². The van der Waals surface area contributed by atoms with E-state index in [0.29, 0.717) is 15.6 Å². The molecule has 0 atom stereocenters. The maximum Gasteiger partial charge on any atom is 0.216 e. The third-order valence-corrected chi connectivity index (χ3v) is 3.97. The Balaban J connectivity index is 1.97. The van der Waals surface area contributed by atoms with Crippen molar-refractivity contribution in [2.75, 3.05) is 0 Å². The fourth-order valence-corrected chi connectivity index (χ4v) is 2.64. The number of aromatic nitrogens is 3. The van der Waals surface area contributed by atoms with E-state index in [1.54, 1.807) is 22.2 Å². The molecule has 1 aromatic carbocycles. The van der Waals surface area contributed by atoms with Crippen LogP contribution in [0.25, 0.3) is 10.7 Å². The number of benzene rings is 1. The molecule has 0 radical (unpaired) electrons. The first kappa shape index (κ1) is 13.2. The Bertz CT molecular complexity index is 785. The van der Waals surface area contributed by atoms with Crippen LogP contribution in [0.15, 0.2) is 46.9 Å². The largest absolute Gasteiger partial charge is 0.250 e. The second-order valence-corrected chi connectivity index (χ2v) is 5.71. The highest BCUT2D eigenvalue weighted by Gasteiger charge is 2.08. The van der Waals surface area contributed by atoms with E-state index in [-0.39, 0.29) is 0 Å². The number of hydrogen-bond donors (Lipinski definition) is 1. The lowest BCUT2D eigenvalue weighted by molar-refractivity contribution is 0.873. The van der Waals surface area contributed by atoms with E-state index in [2.05, 4.69) is 15.3 Å². The van der Waals surface area contributed by atoms with Gasteiger partial charge in [0.05, 0.1) is 11.1 Å². The predicted octanol–water partition coefficient (Wildman–Crippen LogP) is 4.20. The summed E-state index contributed by atoms with van der Waals surface area (Å²) >= 11 is 12.6. The molecule has 0 unspecified atom stereocenters. The summed E-state index contributed by atoms with van der Waals surface area (Å²) in [6.45, 7) is 0. The SMILES string of the molecule is S=c1[nH]nc(-c2cccs2)n1N=Cc1ccc(Cl)cc1. The van der Waals surface area contributed by atoms with E-state index in [9.17, 15) is 0 Å². The highest BCUT2D eigenvalue weighted by atomic mass is 35.5. The number of thiophene rings is 1. The Morgan fingerprint density at radius 1 is 1.30 bits per heavy atom. The molecule has 100 valence electrons. The van der Waals surface area contributed by atoms with Crippen LogP contribution in [0.1, 0.15) is 5.56 Å². The number of hydrogen-bond acceptors (Lipinski definition) is 4. The molecule has 0 aliphatic rings. The number of nitrogens with one attached hydrogen (secondary N) is 1. The fraction of sp³-hybridized carbons (Fsp3) is 0. The lowest BCUT2D eigenvalue weighted by Gasteiger charge is -1.98. The maximum atomic E-state index is 5.85. The van der Waals surface area contributed by atoms with Crippen LogP contribution in [0.2, 0.25) is 5.02 Å². The number of H-pyrrole nitrogens is 1. The Kier molecular flexibility index (Phi) is 3.77. The van der Waals surface area contributed by atoms with E-state index in [1.807, 2.05) is 41.8 Å². The van der Waals surface area contributed by atoms with Crippen LogP contribution in [0.5, 0.6) is 0 Å². The minimum atomic E-state index is 0.457. The lowest BCUT2D eigenvalue weighted by Crippen LogP contribution is -1.93. The van der Waals surface area contributed by atoms with Gasteiger partial charge in [-0.1, -0.05) is 29.8 Å². The second-order valence-electron chi connectivity index (χ2n) is 3.94. The van der Waals surface area contributed by atoms with Crippen LogP contribution in [0.3, 0.4) is 0 Å². The van der Waals surface area contributed by atoms with Gasteiger partial charge >= 0.3 is 0 Å². The van der Waals surface area contributed by atoms with Gasteiger partial charge in [-0.3, -0.25) is 0 Å². The molecule has 3 aromatic rings. The van der Waals surface area contributed by atoms with Gasteiger partial charge in [-0.25, -0.2) is 5.10 Å². The zero-order valence-corrected chi connectivity index (χ0v) is 12.5. The molecule has 0 spiro atoms. The smallest absolute Gasteiger partial charge is 0.216 e. The number of halogens is 1. The maximum absolute atomic E-state index is 5.85. The van der Waals surface area contributed by atoms with Gasteiger partial charge < -0.3 is 0 Å². The summed E-state index contributed by atoms with van der Waals surface area (Å²) < 4.78 is 2.06. The third-order valence-electron chi connectivity index (χ3n) is 2.58. The number of rotatable bonds is 3. The lowest BCUT2D eigenvalue weighted by atomic mass is 10.2. The van der Waals surface area contributed by atoms with Crippen LogP contribution >= 0.6 is 35.2 Å². The Morgan fingerprint density at radius 2 is 2.10 bits per heavy atom. The van der Waals surface area contributed by atoms with Crippen LogP contribution < -0.4 is 0 Å². The summed E-state index contributed by atoms with van der Waals surface area (Å²) in [5.41, 5.74) is 0.939. The minimum Gasteiger partial charge on any atom is -0.250 e. The van der Waals surface area contributed by atoms with Crippen LogP contribution in [-0.2, 0) is 0 Å². The van der Waals surface area contributed by atoms with Crippen molar-refractivity contribution in [3.63, 3.8) is 0 Å². The molecule has 0 aliphatic heterocycles.